The van der Waals surface area contributed by atoms with Crippen LogP contribution in [-0.2, 0) is 20.8 Å². The first-order valence-corrected chi connectivity index (χ1v) is 5.62. The molecule has 0 heterocycles. The molecule has 2 N–H and O–H groups in total. The second kappa shape index (κ2) is 6.90. The van der Waals surface area contributed by atoms with Crippen LogP contribution in [0.4, 0.5) is 18.9 Å². The predicted molar refractivity (Wildman–Crippen MR) is 64.6 cm³/mol. The third-order valence-electron chi connectivity index (χ3n) is 2.28. The molecule has 20 heavy (non-hydrogen) atoms. The zero-order valence-corrected chi connectivity index (χ0v) is 10.6. The summed E-state index contributed by atoms with van der Waals surface area (Å²) in [6.45, 7) is 0. The largest absolute Gasteiger partial charge is 0.389 e. The molecule has 5 nitrogen and oxygen atoms in total. The molecule has 0 unspecified atom stereocenters. The third kappa shape index (κ3) is 5.70. The van der Waals surface area contributed by atoms with E-state index in [-0.39, 0.29) is 12.1 Å². The highest BCUT2D eigenvalue weighted by Crippen LogP contribution is 2.23. The first-order chi connectivity index (χ1) is 9.31. The first kappa shape index (κ1) is 16.0. The Balaban J connectivity index is 2.64. The van der Waals surface area contributed by atoms with Crippen molar-refractivity contribution in [1.82, 2.24) is 5.48 Å². The number of hydrogen-bond donors (Lipinski definition) is 2. The maximum absolute atomic E-state index is 12.1. The number of anilines is 1. The Morgan fingerprint density at radius 2 is 1.95 bits per heavy atom. The Morgan fingerprint density at radius 1 is 1.25 bits per heavy atom. The number of amides is 2. The quantitative estimate of drug-likeness (QED) is 0.656. The molecule has 2 amide bonds. The summed E-state index contributed by atoms with van der Waals surface area (Å²) in [5.41, 5.74) is 2.47. The number of rotatable bonds is 4. The molecule has 1 aromatic rings. The first-order valence-electron chi connectivity index (χ1n) is 5.62. The molecule has 0 aliphatic rings. The van der Waals surface area contributed by atoms with Crippen LogP contribution in [0.3, 0.4) is 0 Å². The van der Waals surface area contributed by atoms with Gasteiger partial charge in [0.15, 0.2) is 0 Å². The smallest absolute Gasteiger partial charge is 0.318 e. The van der Waals surface area contributed by atoms with E-state index in [4.69, 9.17) is 0 Å². The van der Waals surface area contributed by atoms with Gasteiger partial charge in [-0.15, -0.1) is 0 Å². The van der Waals surface area contributed by atoms with Gasteiger partial charge in [-0.25, -0.2) is 5.48 Å². The Kier molecular flexibility index (Phi) is 5.51. The molecular weight excluding hydrogens is 277 g/mol. The highest BCUT2D eigenvalue weighted by atomic mass is 19.4. The van der Waals surface area contributed by atoms with Crippen LogP contribution in [-0.4, -0.2) is 25.1 Å². The molecule has 0 saturated heterocycles. The summed E-state index contributed by atoms with van der Waals surface area (Å²) in [5, 5.41) is 2.25. The fourth-order valence-corrected chi connectivity index (χ4v) is 1.42. The summed E-state index contributed by atoms with van der Waals surface area (Å²) in [7, 11) is 1.17. The van der Waals surface area contributed by atoms with Crippen molar-refractivity contribution in [1.29, 1.82) is 0 Å². The van der Waals surface area contributed by atoms with Crippen LogP contribution in [0.2, 0.25) is 0 Å². The van der Waals surface area contributed by atoms with Crippen LogP contribution in [0.5, 0.6) is 0 Å². The Hall–Kier alpha value is -2.09. The van der Waals surface area contributed by atoms with Crippen molar-refractivity contribution >= 4 is 17.5 Å². The molecule has 1 rings (SSSR count). The number of hydroxylamine groups is 1. The molecule has 0 aromatic heterocycles. The van der Waals surface area contributed by atoms with Crippen molar-refractivity contribution in [3.63, 3.8) is 0 Å². The Labute approximate surface area is 113 Å². The van der Waals surface area contributed by atoms with Crippen molar-refractivity contribution in [2.24, 2.45) is 0 Å². The summed E-state index contributed by atoms with van der Waals surface area (Å²) in [6, 6.07) is 5.85. The van der Waals surface area contributed by atoms with E-state index in [1.54, 1.807) is 0 Å². The van der Waals surface area contributed by atoms with Gasteiger partial charge in [-0.2, -0.15) is 13.2 Å². The fraction of sp³-hybridized carbons (Fsp3) is 0.333. The van der Waals surface area contributed by atoms with Crippen molar-refractivity contribution in [3.05, 3.63) is 29.8 Å². The van der Waals surface area contributed by atoms with E-state index in [0.29, 0.717) is 5.56 Å². The Bertz CT molecular complexity index is 489. The van der Waals surface area contributed by atoms with Gasteiger partial charge >= 0.3 is 18.0 Å². The lowest BCUT2D eigenvalue weighted by atomic mass is 10.1. The molecule has 0 radical (unpaired) electrons. The minimum atomic E-state index is -4.24. The van der Waals surface area contributed by atoms with Crippen molar-refractivity contribution < 1.29 is 27.6 Å². The number of aryl methyl sites for hydroxylation is 1. The maximum atomic E-state index is 12.1. The van der Waals surface area contributed by atoms with Crippen LogP contribution in [0.1, 0.15) is 12.0 Å². The zero-order valence-electron chi connectivity index (χ0n) is 10.6. The van der Waals surface area contributed by atoms with Gasteiger partial charge in [-0.3, -0.25) is 14.4 Å². The minimum Gasteiger partial charge on any atom is -0.318 e. The second-order valence-corrected chi connectivity index (χ2v) is 3.90. The van der Waals surface area contributed by atoms with Gasteiger partial charge < -0.3 is 5.32 Å². The topological polar surface area (TPSA) is 67.4 Å². The molecule has 110 valence electrons. The van der Waals surface area contributed by atoms with Gasteiger partial charge in [-0.1, -0.05) is 12.1 Å². The molecule has 0 aliphatic carbocycles. The predicted octanol–water partition coefficient (Wildman–Crippen LogP) is 1.80. The minimum absolute atomic E-state index is 0.197. The van der Waals surface area contributed by atoms with Crippen molar-refractivity contribution in [2.75, 3.05) is 12.4 Å². The number of carbonyl (C=O) groups is 2. The summed E-state index contributed by atoms with van der Waals surface area (Å²) in [6.07, 6.45) is -5.39. The Morgan fingerprint density at radius 3 is 2.55 bits per heavy atom. The summed E-state index contributed by atoms with van der Waals surface area (Å²) in [5.74, 6) is -1.98. The number of carbonyl (C=O) groups excluding carboxylic acids is 2. The molecule has 0 spiro atoms. The lowest BCUT2D eigenvalue weighted by molar-refractivity contribution is -0.142. The average molecular weight is 290 g/mol. The van der Waals surface area contributed by atoms with E-state index in [1.165, 1.54) is 31.4 Å². The van der Waals surface area contributed by atoms with Gasteiger partial charge in [0, 0.05) is 12.1 Å². The second-order valence-electron chi connectivity index (χ2n) is 3.90. The van der Waals surface area contributed by atoms with Crippen LogP contribution in [0, 0.1) is 0 Å². The molecule has 0 atom stereocenters. The number of halogens is 3. The lowest BCUT2D eigenvalue weighted by Gasteiger charge is -2.08. The number of alkyl halides is 3. The fourth-order valence-electron chi connectivity index (χ4n) is 1.42. The molecule has 0 fully saturated rings. The van der Waals surface area contributed by atoms with Crippen LogP contribution in [0.15, 0.2) is 24.3 Å². The van der Waals surface area contributed by atoms with Gasteiger partial charge in [-0.05, 0) is 24.1 Å². The normalized spacial score (nSPS) is 11.0. The SMILES string of the molecule is CONC(=O)C(=O)Nc1cccc(CCC(F)(F)F)c1. The van der Waals surface area contributed by atoms with Crippen molar-refractivity contribution in [2.45, 2.75) is 19.0 Å². The molecule has 0 bridgehead atoms. The summed E-state index contributed by atoms with van der Waals surface area (Å²) < 4.78 is 36.3. The van der Waals surface area contributed by atoms with Crippen molar-refractivity contribution in [3.8, 4) is 0 Å². The third-order valence-corrected chi connectivity index (χ3v) is 2.28. The van der Waals surface area contributed by atoms with Gasteiger partial charge in [0.05, 0.1) is 7.11 Å². The van der Waals surface area contributed by atoms with Gasteiger partial charge in [0.25, 0.3) is 0 Å². The average Bonchev–Trinajstić information content (AvgIpc) is 2.36. The zero-order chi connectivity index (χ0) is 15.2. The van der Waals surface area contributed by atoms with E-state index in [0.717, 1.165) is 0 Å². The highest BCUT2D eigenvalue weighted by Gasteiger charge is 2.26. The molecule has 0 aliphatic heterocycles. The monoisotopic (exact) mass is 290 g/mol. The van der Waals surface area contributed by atoms with E-state index in [1.807, 2.05) is 5.48 Å². The highest BCUT2D eigenvalue weighted by molar-refractivity contribution is 6.39. The standard InChI is InChI=1S/C12H13F3N2O3/c1-20-17-11(19)10(18)16-9-4-2-3-8(7-9)5-6-12(13,14)15/h2-4,7H,5-6H2,1H3,(H,16,18)(H,17,19). The summed E-state index contributed by atoms with van der Waals surface area (Å²) >= 11 is 0. The van der Waals surface area contributed by atoms with E-state index in [2.05, 4.69) is 10.2 Å². The van der Waals surface area contributed by atoms with E-state index in [9.17, 15) is 22.8 Å². The number of nitrogens with one attached hydrogen (secondary N) is 2. The van der Waals surface area contributed by atoms with Crippen LogP contribution < -0.4 is 10.8 Å². The molecule has 0 saturated carbocycles. The van der Waals surface area contributed by atoms with Gasteiger partial charge in [0.1, 0.15) is 0 Å². The van der Waals surface area contributed by atoms with Gasteiger partial charge in [0.2, 0.25) is 0 Å². The van der Waals surface area contributed by atoms with Crippen LogP contribution >= 0.6 is 0 Å². The van der Waals surface area contributed by atoms with E-state index < -0.39 is 24.4 Å². The maximum Gasteiger partial charge on any atom is 0.389 e. The summed E-state index contributed by atoms with van der Waals surface area (Å²) in [4.78, 5) is 26.7. The molecule has 1 aromatic carbocycles. The number of benzene rings is 1. The van der Waals surface area contributed by atoms with E-state index >= 15 is 0 Å². The molecular formula is C12H13F3N2O3. The lowest BCUT2D eigenvalue weighted by Crippen LogP contribution is -2.34. The molecule has 8 heteroatoms. The van der Waals surface area contributed by atoms with Crippen LogP contribution in [0.25, 0.3) is 0 Å². The number of hydrogen-bond acceptors (Lipinski definition) is 3.